The van der Waals surface area contributed by atoms with E-state index in [1.54, 1.807) is 29.6 Å². The van der Waals surface area contributed by atoms with Crippen molar-refractivity contribution in [1.29, 1.82) is 0 Å². The summed E-state index contributed by atoms with van der Waals surface area (Å²) in [4.78, 5) is 0.371. The number of hydrogen-bond donors (Lipinski definition) is 2. The van der Waals surface area contributed by atoms with Crippen LogP contribution in [0.3, 0.4) is 0 Å². The summed E-state index contributed by atoms with van der Waals surface area (Å²) in [5.74, 6) is 0.954. The molecule has 3 atom stereocenters. The van der Waals surface area contributed by atoms with Crippen LogP contribution < -0.4 is 10.1 Å². The van der Waals surface area contributed by atoms with Crippen molar-refractivity contribution < 1.29 is 18.3 Å². The summed E-state index contributed by atoms with van der Waals surface area (Å²) in [6.07, 6.45) is 10.5. The molecule has 1 fully saturated rings. The van der Waals surface area contributed by atoms with Crippen molar-refractivity contribution >= 4 is 15.7 Å². The minimum absolute atomic E-state index is 0.0154. The van der Waals surface area contributed by atoms with Gasteiger partial charge in [0.25, 0.3) is 0 Å². The maximum atomic E-state index is 13.4. The van der Waals surface area contributed by atoms with Crippen molar-refractivity contribution in [3.05, 3.63) is 59.7 Å². The van der Waals surface area contributed by atoms with E-state index in [-0.39, 0.29) is 29.7 Å². The van der Waals surface area contributed by atoms with E-state index in [1.165, 1.54) is 13.5 Å². The van der Waals surface area contributed by atoms with Gasteiger partial charge in [-0.25, -0.2) is 8.42 Å². The molecule has 1 aliphatic heterocycles. The fourth-order valence-corrected chi connectivity index (χ4v) is 7.22. The van der Waals surface area contributed by atoms with E-state index in [0.29, 0.717) is 10.6 Å². The van der Waals surface area contributed by atoms with Gasteiger partial charge in [0, 0.05) is 24.7 Å². The summed E-state index contributed by atoms with van der Waals surface area (Å²) in [6, 6.07) is 11.1. The first-order valence-corrected chi connectivity index (χ1v) is 13.3. The molecule has 0 spiro atoms. The molecule has 2 N–H and O–H groups in total. The third-order valence-electron chi connectivity index (χ3n) is 7.66. The number of rotatable bonds is 5. The van der Waals surface area contributed by atoms with Gasteiger partial charge in [-0.1, -0.05) is 37.5 Å². The number of hydrogen-bond acceptors (Lipinski definition) is 5. The zero-order chi connectivity index (χ0) is 23.2. The molecule has 3 aliphatic rings. The number of allylic oxidation sites excluding steroid dienone is 2. The Morgan fingerprint density at radius 1 is 1.09 bits per heavy atom. The van der Waals surface area contributed by atoms with Gasteiger partial charge in [-0.3, -0.25) is 0 Å². The number of ether oxygens (including phenoxy) is 1. The Morgan fingerprint density at radius 2 is 1.88 bits per heavy atom. The highest BCUT2D eigenvalue weighted by Gasteiger charge is 2.39. The summed E-state index contributed by atoms with van der Waals surface area (Å²) in [5, 5.41) is 13.9. The fourth-order valence-electron chi connectivity index (χ4n) is 5.77. The highest BCUT2D eigenvalue weighted by molar-refractivity contribution is 7.89. The number of phenolic OH excluding ortho intramolecular Hbond substituents is 1. The monoisotopic (exact) mass is 468 g/mol. The third-order valence-corrected chi connectivity index (χ3v) is 9.57. The molecule has 2 aromatic carbocycles. The molecule has 1 saturated carbocycles. The highest BCUT2D eigenvalue weighted by atomic mass is 32.2. The van der Waals surface area contributed by atoms with Crippen molar-refractivity contribution in [1.82, 2.24) is 4.31 Å². The first kappa shape index (κ1) is 22.3. The van der Waals surface area contributed by atoms with Crippen LogP contribution in [0.4, 0.5) is 5.69 Å². The molecule has 0 saturated heterocycles. The molecule has 0 aromatic heterocycles. The quantitative estimate of drug-likeness (QED) is 0.591. The van der Waals surface area contributed by atoms with Gasteiger partial charge in [0.1, 0.15) is 0 Å². The van der Waals surface area contributed by atoms with Crippen molar-refractivity contribution in [3.63, 3.8) is 0 Å². The first-order valence-electron chi connectivity index (χ1n) is 11.8. The number of methoxy groups -OCH3 is 1. The minimum Gasteiger partial charge on any atom is -0.504 e. The Bertz CT molecular complexity index is 1170. The maximum absolute atomic E-state index is 13.4. The molecule has 6 nitrogen and oxygen atoms in total. The van der Waals surface area contributed by atoms with E-state index in [0.717, 1.165) is 48.9 Å². The lowest BCUT2D eigenvalue weighted by Crippen LogP contribution is -2.38. The average Bonchev–Trinajstić information content (AvgIpc) is 3.33. The van der Waals surface area contributed by atoms with Gasteiger partial charge < -0.3 is 15.2 Å². The van der Waals surface area contributed by atoms with Gasteiger partial charge in [0.2, 0.25) is 10.0 Å². The van der Waals surface area contributed by atoms with Crippen LogP contribution in [0.15, 0.2) is 53.4 Å². The summed E-state index contributed by atoms with van der Waals surface area (Å²) in [6.45, 7) is 0. The molecular formula is C26H32N2O4S. The number of sulfonamides is 1. The summed E-state index contributed by atoms with van der Waals surface area (Å²) in [7, 11) is -0.276. The van der Waals surface area contributed by atoms with Crippen LogP contribution in [0.2, 0.25) is 0 Å². The fraction of sp³-hybridized carbons (Fsp3) is 0.462. The zero-order valence-corrected chi connectivity index (χ0v) is 20.0. The summed E-state index contributed by atoms with van der Waals surface area (Å²) < 4.78 is 33.7. The minimum atomic E-state index is -3.55. The molecule has 5 rings (SSSR count). The van der Waals surface area contributed by atoms with Crippen LogP contribution in [-0.2, 0) is 10.0 Å². The molecule has 0 bridgehead atoms. The van der Waals surface area contributed by atoms with Crippen molar-refractivity contribution in [2.45, 2.75) is 61.4 Å². The van der Waals surface area contributed by atoms with E-state index in [2.05, 4.69) is 17.5 Å². The molecule has 2 aliphatic carbocycles. The van der Waals surface area contributed by atoms with Crippen LogP contribution in [0.5, 0.6) is 11.5 Å². The largest absolute Gasteiger partial charge is 0.504 e. The van der Waals surface area contributed by atoms with Crippen molar-refractivity contribution in [2.24, 2.45) is 5.92 Å². The predicted molar refractivity (Wildman–Crippen MR) is 129 cm³/mol. The van der Waals surface area contributed by atoms with Gasteiger partial charge >= 0.3 is 0 Å². The Balaban J connectivity index is 1.47. The normalized spacial score (nSPS) is 24.9. The zero-order valence-electron chi connectivity index (χ0n) is 19.2. The number of anilines is 1. The van der Waals surface area contributed by atoms with Crippen LogP contribution >= 0.6 is 0 Å². The Hall–Kier alpha value is -2.51. The lowest BCUT2D eigenvalue weighted by atomic mass is 9.77. The van der Waals surface area contributed by atoms with Gasteiger partial charge in [-0.05, 0) is 66.6 Å². The molecule has 0 radical (unpaired) electrons. The summed E-state index contributed by atoms with van der Waals surface area (Å²) >= 11 is 0. The third kappa shape index (κ3) is 3.91. The number of nitrogens with zero attached hydrogens (tertiary/aromatic N) is 1. The number of fused-ring (bicyclic) bond motifs is 3. The lowest BCUT2D eigenvalue weighted by molar-refractivity contribution is 0.286. The Labute approximate surface area is 196 Å². The van der Waals surface area contributed by atoms with Gasteiger partial charge in [-0.15, -0.1) is 0 Å². The second kappa shape index (κ2) is 8.69. The van der Waals surface area contributed by atoms with Crippen LogP contribution in [0, 0.1) is 5.92 Å². The van der Waals surface area contributed by atoms with Crippen LogP contribution in [0.25, 0.3) is 0 Å². The molecule has 33 heavy (non-hydrogen) atoms. The number of nitrogens with one attached hydrogen (secondary N) is 1. The Kier molecular flexibility index (Phi) is 5.87. The number of phenols is 1. The number of benzene rings is 2. The van der Waals surface area contributed by atoms with Crippen LogP contribution in [0.1, 0.15) is 61.6 Å². The van der Waals surface area contributed by atoms with E-state index in [9.17, 15) is 13.5 Å². The summed E-state index contributed by atoms with van der Waals surface area (Å²) in [5.41, 5.74) is 2.97. The first-order chi connectivity index (χ1) is 15.9. The molecule has 176 valence electrons. The second-order valence-electron chi connectivity index (χ2n) is 9.47. The molecule has 3 unspecified atom stereocenters. The molecule has 7 heteroatoms. The molecule has 2 aromatic rings. The average molecular weight is 469 g/mol. The molecule has 0 amide bonds. The van der Waals surface area contributed by atoms with Crippen molar-refractivity contribution in [3.8, 4) is 11.5 Å². The second-order valence-corrected chi connectivity index (χ2v) is 11.5. The van der Waals surface area contributed by atoms with E-state index in [1.807, 2.05) is 18.2 Å². The highest BCUT2D eigenvalue weighted by Crippen LogP contribution is 2.51. The van der Waals surface area contributed by atoms with Gasteiger partial charge in [0.05, 0.1) is 18.0 Å². The van der Waals surface area contributed by atoms with E-state index >= 15 is 0 Å². The SMILES string of the molecule is COc1ccc(C2Nc3ccc(S(=O)(=O)N(C)C4CCCCC4)cc3C3C=CCC32)cc1O. The Morgan fingerprint density at radius 3 is 2.61 bits per heavy atom. The lowest BCUT2D eigenvalue weighted by Gasteiger charge is -2.38. The van der Waals surface area contributed by atoms with Crippen LogP contribution in [-0.4, -0.2) is 38.0 Å². The predicted octanol–water partition coefficient (Wildman–Crippen LogP) is 5.18. The maximum Gasteiger partial charge on any atom is 0.243 e. The number of aromatic hydroxyl groups is 1. The van der Waals surface area contributed by atoms with Crippen molar-refractivity contribution in [2.75, 3.05) is 19.5 Å². The van der Waals surface area contributed by atoms with E-state index in [4.69, 9.17) is 4.74 Å². The molecule has 1 heterocycles. The molecular weight excluding hydrogens is 436 g/mol. The standard InChI is InChI=1S/C26H32N2O4S/c1-28(18-7-4-3-5-8-18)33(30,31)19-12-13-23-22(16-19)20-9-6-10-21(20)26(27-23)17-11-14-25(32-2)24(29)15-17/h6,9,11-16,18,20-21,26-27,29H,3-5,7-8,10H2,1-2H3. The smallest absolute Gasteiger partial charge is 0.243 e. The topological polar surface area (TPSA) is 78.9 Å². The van der Waals surface area contributed by atoms with Gasteiger partial charge in [-0.2, -0.15) is 4.31 Å². The van der Waals surface area contributed by atoms with Gasteiger partial charge in [0.15, 0.2) is 11.5 Å². The van der Waals surface area contributed by atoms with E-state index < -0.39 is 10.0 Å².